The molecule has 0 radical (unpaired) electrons. The maximum atomic E-state index is 5.60. The lowest BCUT2D eigenvalue weighted by atomic mass is 10.1. The minimum Gasteiger partial charge on any atom is -0.438 e. The summed E-state index contributed by atoms with van der Waals surface area (Å²) >= 11 is 0. The standard InChI is InChI=1S/C16H17N3O/c1-3-11-4-6-12(7-5-11)13-8-9-14-16(18-13)19-15(20-14)10-17-2/h4-9,17H,3,10H2,1-2H3. The number of hydrogen-bond donors (Lipinski definition) is 1. The third-order valence-electron chi connectivity index (χ3n) is 3.28. The fourth-order valence-corrected chi connectivity index (χ4v) is 2.16. The zero-order chi connectivity index (χ0) is 13.9. The van der Waals surface area contributed by atoms with Crippen molar-refractivity contribution in [2.75, 3.05) is 7.05 Å². The van der Waals surface area contributed by atoms with E-state index in [0.717, 1.165) is 23.3 Å². The molecule has 4 heteroatoms. The molecule has 0 aliphatic rings. The van der Waals surface area contributed by atoms with E-state index in [4.69, 9.17) is 4.42 Å². The van der Waals surface area contributed by atoms with E-state index in [0.29, 0.717) is 18.1 Å². The van der Waals surface area contributed by atoms with Crippen LogP contribution in [0.3, 0.4) is 0 Å². The lowest BCUT2D eigenvalue weighted by Crippen LogP contribution is -2.04. The maximum Gasteiger partial charge on any atom is 0.211 e. The van der Waals surface area contributed by atoms with E-state index in [-0.39, 0.29) is 0 Å². The van der Waals surface area contributed by atoms with Gasteiger partial charge in [0.1, 0.15) is 0 Å². The summed E-state index contributed by atoms with van der Waals surface area (Å²) in [5, 5.41) is 3.02. The van der Waals surface area contributed by atoms with Gasteiger partial charge >= 0.3 is 0 Å². The molecule has 2 aromatic heterocycles. The van der Waals surface area contributed by atoms with Crippen molar-refractivity contribution in [3.8, 4) is 11.3 Å². The summed E-state index contributed by atoms with van der Waals surface area (Å²) in [5.74, 6) is 0.661. The molecule has 4 nitrogen and oxygen atoms in total. The molecule has 0 aliphatic heterocycles. The van der Waals surface area contributed by atoms with Crippen molar-refractivity contribution in [2.24, 2.45) is 0 Å². The summed E-state index contributed by atoms with van der Waals surface area (Å²) in [6.45, 7) is 2.76. The third-order valence-corrected chi connectivity index (χ3v) is 3.28. The number of hydrogen-bond acceptors (Lipinski definition) is 4. The van der Waals surface area contributed by atoms with Crippen LogP contribution in [0.2, 0.25) is 0 Å². The minimum atomic E-state index is 0.608. The summed E-state index contributed by atoms with van der Waals surface area (Å²) < 4.78 is 5.60. The van der Waals surface area contributed by atoms with Gasteiger partial charge in [0, 0.05) is 5.56 Å². The largest absolute Gasteiger partial charge is 0.438 e. The molecular formula is C16H17N3O. The quantitative estimate of drug-likeness (QED) is 0.788. The van der Waals surface area contributed by atoms with E-state index in [1.165, 1.54) is 5.56 Å². The average molecular weight is 267 g/mol. The van der Waals surface area contributed by atoms with Crippen molar-refractivity contribution in [3.63, 3.8) is 0 Å². The topological polar surface area (TPSA) is 51.0 Å². The van der Waals surface area contributed by atoms with Crippen LogP contribution in [0.1, 0.15) is 18.4 Å². The Kier molecular flexibility index (Phi) is 3.48. The lowest BCUT2D eigenvalue weighted by Gasteiger charge is -2.01. The smallest absolute Gasteiger partial charge is 0.211 e. The molecule has 0 saturated carbocycles. The molecule has 0 amide bonds. The van der Waals surface area contributed by atoms with Gasteiger partial charge in [-0.25, -0.2) is 4.98 Å². The molecule has 0 bridgehead atoms. The molecule has 0 fully saturated rings. The fraction of sp³-hybridized carbons (Fsp3) is 0.250. The van der Waals surface area contributed by atoms with Crippen molar-refractivity contribution < 1.29 is 4.42 Å². The van der Waals surface area contributed by atoms with Crippen LogP contribution in [0.4, 0.5) is 0 Å². The lowest BCUT2D eigenvalue weighted by molar-refractivity contribution is 0.511. The van der Waals surface area contributed by atoms with Crippen LogP contribution in [0.5, 0.6) is 0 Å². The first-order chi connectivity index (χ1) is 9.80. The van der Waals surface area contributed by atoms with E-state index < -0.39 is 0 Å². The zero-order valence-electron chi connectivity index (χ0n) is 11.7. The van der Waals surface area contributed by atoms with E-state index in [1.807, 2.05) is 19.2 Å². The maximum absolute atomic E-state index is 5.60. The van der Waals surface area contributed by atoms with Gasteiger partial charge in [-0.15, -0.1) is 0 Å². The van der Waals surface area contributed by atoms with Crippen LogP contribution in [0, 0.1) is 0 Å². The van der Waals surface area contributed by atoms with Crippen molar-refractivity contribution >= 4 is 11.2 Å². The van der Waals surface area contributed by atoms with Crippen molar-refractivity contribution in [2.45, 2.75) is 19.9 Å². The highest BCUT2D eigenvalue weighted by molar-refractivity contribution is 5.73. The number of nitrogens with zero attached hydrogens (tertiary/aromatic N) is 2. The van der Waals surface area contributed by atoms with Gasteiger partial charge in [-0.05, 0) is 31.2 Å². The fourth-order valence-electron chi connectivity index (χ4n) is 2.16. The Bertz CT molecular complexity index is 716. The van der Waals surface area contributed by atoms with Crippen LogP contribution in [0.15, 0.2) is 40.8 Å². The molecule has 3 rings (SSSR count). The highest BCUT2D eigenvalue weighted by Crippen LogP contribution is 2.22. The van der Waals surface area contributed by atoms with E-state index in [2.05, 4.69) is 46.5 Å². The third kappa shape index (κ3) is 2.42. The molecule has 2 heterocycles. The second-order valence-electron chi connectivity index (χ2n) is 4.71. The number of nitrogens with one attached hydrogen (secondary N) is 1. The molecule has 20 heavy (non-hydrogen) atoms. The van der Waals surface area contributed by atoms with E-state index in [1.54, 1.807) is 0 Å². The van der Waals surface area contributed by atoms with Crippen LogP contribution < -0.4 is 5.32 Å². The molecule has 0 saturated heterocycles. The predicted molar refractivity (Wildman–Crippen MR) is 79.4 cm³/mol. The molecule has 102 valence electrons. The first-order valence-electron chi connectivity index (χ1n) is 6.80. The van der Waals surface area contributed by atoms with Crippen LogP contribution in [0.25, 0.3) is 22.5 Å². The highest BCUT2D eigenvalue weighted by Gasteiger charge is 2.08. The SMILES string of the molecule is CCc1ccc(-c2ccc3oc(CNC)nc3n2)cc1. The number of aryl methyl sites for hydroxylation is 1. The molecule has 3 aromatic rings. The van der Waals surface area contributed by atoms with Crippen molar-refractivity contribution in [1.29, 1.82) is 0 Å². The Balaban J connectivity index is 1.98. The number of fused-ring (bicyclic) bond motifs is 1. The predicted octanol–water partition coefficient (Wildman–Crippen LogP) is 3.17. The number of oxazole rings is 1. The minimum absolute atomic E-state index is 0.608. The summed E-state index contributed by atoms with van der Waals surface area (Å²) in [5.41, 5.74) is 4.73. The first-order valence-corrected chi connectivity index (χ1v) is 6.80. The number of pyridine rings is 1. The molecule has 1 N–H and O–H groups in total. The molecule has 0 aliphatic carbocycles. The Morgan fingerprint density at radius 3 is 2.55 bits per heavy atom. The van der Waals surface area contributed by atoms with E-state index >= 15 is 0 Å². The Morgan fingerprint density at radius 2 is 1.85 bits per heavy atom. The van der Waals surface area contributed by atoms with Gasteiger partial charge in [-0.2, -0.15) is 4.98 Å². The Hall–Kier alpha value is -2.20. The summed E-state index contributed by atoms with van der Waals surface area (Å²) in [7, 11) is 1.86. The normalized spacial score (nSPS) is 11.1. The van der Waals surface area contributed by atoms with Crippen LogP contribution in [-0.2, 0) is 13.0 Å². The zero-order valence-corrected chi connectivity index (χ0v) is 11.7. The molecule has 0 spiro atoms. The summed E-state index contributed by atoms with van der Waals surface area (Å²) in [4.78, 5) is 8.95. The highest BCUT2D eigenvalue weighted by atomic mass is 16.3. The van der Waals surface area contributed by atoms with Gasteiger partial charge in [-0.1, -0.05) is 31.2 Å². The Labute approximate surface area is 117 Å². The second kappa shape index (κ2) is 5.43. The Morgan fingerprint density at radius 1 is 1.05 bits per heavy atom. The van der Waals surface area contributed by atoms with Gasteiger partial charge in [0.05, 0.1) is 12.2 Å². The molecular weight excluding hydrogens is 250 g/mol. The monoisotopic (exact) mass is 267 g/mol. The van der Waals surface area contributed by atoms with Crippen LogP contribution >= 0.6 is 0 Å². The molecule has 1 aromatic carbocycles. The van der Waals surface area contributed by atoms with Gasteiger partial charge in [0.25, 0.3) is 0 Å². The van der Waals surface area contributed by atoms with Gasteiger partial charge < -0.3 is 9.73 Å². The van der Waals surface area contributed by atoms with Gasteiger partial charge in [-0.3, -0.25) is 0 Å². The van der Waals surface area contributed by atoms with E-state index in [9.17, 15) is 0 Å². The number of aromatic nitrogens is 2. The van der Waals surface area contributed by atoms with Crippen molar-refractivity contribution in [1.82, 2.24) is 15.3 Å². The molecule has 0 atom stereocenters. The van der Waals surface area contributed by atoms with Crippen molar-refractivity contribution in [3.05, 3.63) is 47.9 Å². The number of benzene rings is 1. The summed E-state index contributed by atoms with van der Waals surface area (Å²) in [6.07, 6.45) is 1.05. The van der Waals surface area contributed by atoms with Gasteiger partial charge in [0.2, 0.25) is 5.89 Å². The molecule has 0 unspecified atom stereocenters. The average Bonchev–Trinajstić information content (AvgIpc) is 2.89. The summed E-state index contributed by atoms with van der Waals surface area (Å²) in [6, 6.07) is 12.4. The van der Waals surface area contributed by atoms with Gasteiger partial charge in [0.15, 0.2) is 11.2 Å². The second-order valence-corrected chi connectivity index (χ2v) is 4.71. The number of rotatable bonds is 4. The first kappa shape index (κ1) is 12.8. The van der Waals surface area contributed by atoms with Crippen LogP contribution in [-0.4, -0.2) is 17.0 Å².